The zero-order valence-corrected chi connectivity index (χ0v) is 15.4. The number of nitrogens with zero attached hydrogens (tertiary/aromatic N) is 2. The lowest BCUT2D eigenvalue weighted by Gasteiger charge is -2.22. The topological polar surface area (TPSA) is 75.0 Å². The van der Waals surface area contributed by atoms with E-state index in [9.17, 15) is 10.2 Å². The first kappa shape index (κ1) is 18.1. The molecule has 144 valence electrons. The van der Waals surface area contributed by atoms with Crippen molar-refractivity contribution in [2.24, 2.45) is 0 Å². The van der Waals surface area contributed by atoms with Gasteiger partial charge in [-0.3, -0.25) is 0 Å². The molecule has 0 unspecified atom stereocenters. The SMILES string of the molecule is OCc1cc(Oc2cccc(O)c2)ccc1N1CC[C@H](Oc2ccccn2)C1. The first-order chi connectivity index (χ1) is 13.7. The molecule has 0 saturated carbocycles. The van der Waals surface area contributed by atoms with Crippen LogP contribution in [0.5, 0.6) is 23.1 Å². The third-order valence-corrected chi connectivity index (χ3v) is 4.69. The fourth-order valence-corrected chi connectivity index (χ4v) is 3.37. The quantitative estimate of drug-likeness (QED) is 0.681. The highest BCUT2D eigenvalue weighted by molar-refractivity contribution is 5.57. The Morgan fingerprint density at radius 1 is 1.04 bits per heavy atom. The number of aromatic nitrogens is 1. The van der Waals surface area contributed by atoms with Crippen molar-refractivity contribution in [3.05, 3.63) is 72.4 Å². The molecule has 1 aliphatic heterocycles. The standard InChI is InChI=1S/C22H22N2O4/c25-15-16-12-19(27-18-5-3-4-17(26)13-18)7-8-21(16)24-11-9-20(14-24)28-22-6-1-2-10-23-22/h1-8,10,12-13,20,25-26H,9,11,14-15H2/t20-/m0/s1. The number of anilines is 1. The first-order valence-corrected chi connectivity index (χ1v) is 9.24. The second kappa shape index (κ2) is 8.19. The molecule has 1 atom stereocenters. The van der Waals surface area contributed by atoms with Crippen LogP contribution in [-0.4, -0.2) is 34.4 Å². The smallest absolute Gasteiger partial charge is 0.213 e. The maximum Gasteiger partial charge on any atom is 0.213 e. The fourth-order valence-electron chi connectivity index (χ4n) is 3.37. The van der Waals surface area contributed by atoms with E-state index in [2.05, 4.69) is 9.88 Å². The van der Waals surface area contributed by atoms with E-state index < -0.39 is 0 Å². The predicted molar refractivity (Wildman–Crippen MR) is 106 cm³/mol. The highest BCUT2D eigenvalue weighted by Crippen LogP contribution is 2.32. The molecule has 0 bridgehead atoms. The number of rotatable bonds is 6. The van der Waals surface area contributed by atoms with Gasteiger partial charge < -0.3 is 24.6 Å². The van der Waals surface area contributed by atoms with Crippen LogP contribution in [0.2, 0.25) is 0 Å². The van der Waals surface area contributed by atoms with E-state index >= 15 is 0 Å². The molecule has 6 nitrogen and oxygen atoms in total. The molecule has 6 heteroatoms. The van der Waals surface area contributed by atoms with E-state index in [1.54, 1.807) is 30.5 Å². The van der Waals surface area contributed by atoms with Crippen molar-refractivity contribution >= 4 is 5.69 Å². The molecule has 1 fully saturated rings. The zero-order valence-electron chi connectivity index (χ0n) is 15.4. The molecule has 2 heterocycles. The summed E-state index contributed by atoms with van der Waals surface area (Å²) in [5.74, 6) is 1.93. The van der Waals surface area contributed by atoms with Gasteiger partial charge in [-0.25, -0.2) is 4.98 Å². The Morgan fingerprint density at radius 2 is 1.93 bits per heavy atom. The Hall–Kier alpha value is -3.25. The van der Waals surface area contributed by atoms with Crippen molar-refractivity contribution in [1.29, 1.82) is 0 Å². The molecular weight excluding hydrogens is 356 g/mol. The summed E-state index contributed by atoms with van der Waals surface area (Å²) in [6, 6.07) is 17.9. The summed E-state index contributed by atoms with van der Waals surface area (Å²) in [5.41, 5.74) is 1.76. The van der Waals surface area contributed by atoms with E-state index in [1.165, 1.54) is 0 Å². The molecule has 4 rings (SSSR count). The summed E-state index contributed by atoms with van der Waals surface area (Å²) in [6.07, 6.45) is 2.67. The molecule has 0 amide bonds. The lowest BCUT2D eigenvalue weighted by Crippen LogP contribution is -2.25. The molecule has 2 aromatic carbocycles. The minimum absolute atomic E-state index is 0.0599. The van der Waals surface area contributed by atoms with Gasteiger partial charge >= 0.3 is 0 Å². The Labute approximate surface area is 163 Å². The van der Waals surface area contributed by atoms with Crippen LogP contribution in [-0.2, 0) is 6.61 Å². The van der Waals surface area contributed by atoms with E-state index in [4.69, 9.17) is 9.47 Å². The normalized spacial score (nSPS) is 16.2. The summed E-state index contributed by atoms with van der Waals surface area (Å²) in [6.45, 7) is 1.49. The molecule has 0 spiro atoms. The molecule has 1 saturated heterocycles. The average molecular weight is 378 g/mol. The first-order valence-electron chi connectivity index (χ1n) is 9.24. The number of hydrogen-bond donors (Lipinski definition) is 2. The highest BCUT2D eigenvalue weighted by Gasteiger charge is 2.26. The molecule has 0 aliphatic carbocycles. The van der Waals surface area contributed by atoms with Crippen molar-refractivity contribution in [3.63, 3.8) is 0 Å². The third-order valence-electron chi connectivity index (χ3n) is 4.69. The highest BCUT2D eigenvalue weighted by atomic mass is 16.5. The Bertz CT molecular complexity index is 933. The van der Waals surface area contributed by atoms with Crippen LogP contribution >= 0.6 is 0 Å². The van der Waals surface area contributed by atoms with Crippen LogP contribution < -0.4 is 14.4 Å². The van der Waals surface area contributed by atoms with Crippen LogP contribution in [0.1, 0.15) is 12.0 Å². The van der Waals surface area contributed by atoms with E-state index in [-0.39, 0.29) is 18.5 Å². The minimum Gasteiger partial charge on any atom is -0.508 e. The molecule has 0 radical (unpaired) electrons. The Kier molecular flexibility index (Phi) is 5.30. The second-order valence-corrected chi connectivity index (χ2v) is 6.69. The van der Waals surface area contributed by atoms with Gasteiger partial charge in [0.2, 0.25) is 5.88 Å². The van der Waals surface area contributed by atoms with Crippen LogP contribution in [0.25, 0.3) is 0 Å². The van der Waals surface area contributed by atoms with Gasteiger partial charge in [-0.15, -0.1) is 0 Å². The Balaban J connectivity index is 1.46. The van der Waals surface area contributed by atoms with Crippen molar-refractivity contribution in [1.82, 2.24) is 4.98 Å². The summed E-state index contributed by atoms with van der Waals surface area (Å²) >= 11 is 0. The van der Waals surface area contributed by atoms with Crippen LogP contribution in [0.4, 0.5) is 5.69 Å². The minimum atomic E-state index is -0.0885. The van der Waals surface area contributed by atoms with Crippen LogP contribution in [0, 0.1) is 0 Å². The largest absolute Gasteiger partial charge is 0.508 e. The van der Waals surface area contributed by atoms with Crippen LogP contribution in [0.3, 0.4) is 0 Å². The van der Waals surface area contributed by atoms with Crippen molar-refractivity contribution in [2.45, 2.75) is 19.1 Å². The predicted octanol–water partition coefficient (Wildman–Crippen LogP) is 3.73. The lowest BCUT2D eigenvalue weighted by molar-refractivity contribution is 0.216. The number of aromatic hydroxyl groups is 1. The van der Waals surface area contributed by atoms with Crippen molar-refractivity contribution in [3.8, 4) is 23.1 Å². The van der Waals surface area contributed by atoms with Crippen LogP contribution in [0.15, 0.2) is 66.9 Å². The second-order valence-electron chi connectivity index (χ2n) is 6.69. The molecule has 1 aliphatic rings. The van der Waals surface area contributed by atoms with Gasteiger partial charge in [0.15, 0.2) is 0 Å². The van der Waals surface area contributed by atoms with E-state index in [0.717, 1.165) is 30.8 Å². The number of aliphatic hydroxyl groups is 1. The number of aliphatic hydroxyl groups excluding tert-OH is 1. The third kappa shape index (κ3) is 4.18. The van der Waals surface area contributed by atoms with Crippen molar-refractivity contribution < 1.29 is 19.7 Å². The molecule has 2 N–H and O–H groups in total. The Morgan fingerprint density at radius 3 is 2.71 bits per heavy atom. The fraction of sp³-hybridized carbons (Fsp3) is 0.227. The van der Waals surface area contributed by atoms with Gasteiger partial charge in [0.05, 0.1) is 13.2 Å². The number of phenols is 1. The van der Waals surface area contributed by atoms with Gasteiger partial charge in [-0.1, -0.05) is 12.1 Å². The van der Waals surface area contributed by atoms with Gasteiger partial charge in [-0.2, -0.15) is 0 Å². The van der Waals surface area contributed by atoms with Gasteiger partial charge in [0.25, 0.3) is 0 Å². The number of pyridine rings is 1. The maximum atomic E-state index is 9.85. The molecular formula is C22H22N2O4. The number of ether oxygens (including phenoxy) is 2. The lowest BCUT2D eigenvalue weighted by atomic mass is 10.1. The van der Waals surface area contributed by atoms with E-state index in [1.807, 2.05) is 36.4 Å². The number of phenolic OH excluding ortho intramolecular Hbond substituents is 1. The summed E-state index contributed by atoms with van der Waals surface area (Å²) < 4.78 is 11.7. The number of hydrogen-bond acceptors (Lipinski definition) is 6. The summed E-state index contributed by atoms with van der Waals surface area (Å²) in [7, 11) is 0. The monoisotopic (exact) mass is 378 g/mol. The van der Waals surface area contributed by atoms with Gasteiger partial charge in [-0.05, 0) is 36.4 Å². The van der Waals surface area contributed by atoms with Crippen molar-refractivity contribution in [2.75, 3.05) is 18.0 Å². The van der Waals surface area contributed by atoms with E-state index in [0.29, 0.717) is 17.4 Å². The van der Waals surface area contributed by atoms with Gasteiger partial charge in [0.1, 0.15) is 23.4 Å². The maximum absolute atomic E-state index is 9.85. The zero-order chi connectivity index (χ0) is 19.3. The average Bonchev–Trinajstić information content (AvgIpc) is 3.17. The molecule has 1 aromatic heterocycles. The molecule has 28 heavy (non-hydrogen) atoms. The number of benzene rings is 2. The van der Waals surface area contributed by atoms with Gasteiger partial charge in [0, 0.05) is 42.5 Å². The summed E-state index contributed by atoms with van der Waals surface area (Å²) in [5, 5.41) is 19.4. The molecule has 3 aromatic rings. The summed E-state index contributed by atoms with van der Waals surface area (Å²) in [4.78, 5) is 6.42.